The van der Waals surface area contributed by atoms with Crippen molar-refractivity contribution < 1.29 is 9.66 Å². The van der Waals surface area contributed by atoms with Gasteiger partial charge in [0, 0.05) is 18.1 Å². The average Bonchev–Trinajstić information content (AvgIpc) is 2.35. The van der Waals surface area contributed by atoms with Gasteiger partial charge in [0.05, 0.1) is 17.2 Å². The van der Waals surface area contributed by atoms with Crippen molar-refractivity contribution in [3.8, 4) is 5.75 Å². The van der Waals surface area contributed by atoms with Crippen LogP contribution < -0.4 is 16.2 Å². The van der Waals surface area contributed by atoms with Crippen LogP contribution in [0.25, 0.3) is 0 Å². The van der Waals surface area contributed by atoms with Gasteiger partial charge in [0.25, 0.3) is 0 Å². The summed E-state index contributed by atoms with van der Waals surface area (Å²) in [6, 6.07) is 4.63. The Balaban J connectivity index is 2.51. The summed E-state index contributed by atoms with van der Waals surface area (Å²) in [5.74, 6) is 0.0410. The highest BCUT2D eigenvalue weighted by molar-refractivity contribution is 6.05. The average molecular weight is 249 g/mol. The van der Waals surface area contributed by atoms with Gasteiger partial charge < -0.3 is 16.2 Å². The third kappa shape index (κ3) is 2.21. The van der Waals surface area contributed by atoms with Crippen LogP contribution in [0.15, 0.2) is 28.4 Å². The second-order valence-corrected chi connectivity index (χ2v) is 3.58. The Morgan fingerprint density at radius 1 is 1.44 bits per heavy atom. The van der Waals surface area contributed by atoms with Crippen molar-refractivity contribution in [3.05, 3.63) is 33.9 Å². The summed E-state index contributed by atoms with van der Waals surface area (Å²) in [7, 11) is 0. The van der Waals surface area contributed by atoms with Gasteiger partial charge in [-0.05, 0) is 6.07 Å². The molecule has 0 atom stereocenters. The second kappa shape index (κ2) is 4.70. The Hall–Kier alpha value is -2.64. The van der Waals surface area contributed by atoms with Gasteiger partial charge in [-0.15, -0.1) is 5.10 Å². The molecule has 1 aromatic carbocycles. The minimum absolute atomic E-state index is 0.0930. The number of hydrogen-bond acceptors (Lipinski definition) is 5. The largest absolute Gasteiger partial charge is 0.486 e. The maximum atomic E-state index is 10.9. The van der Waals surface area contributed by atoms with Crippen molar-refractivity contribution >= 4 is 17.4 Å². The van der Waals surface area contributed by atoms with Gasteiger partial charge in [0.1, 0.15) is 0 Å². The van der Waals surface area contributed by atoms with E-state index in [9.17, 15) is 10.1 Å². The Morgan fingerprint density at radius 3 is 2.89 bits per heavy atom. The number of hydrogen-bond donors (Lipinski definition) is 2. The van der Waals surface area contributed by atoms with E-state index in [4.69, 9.17) is 16.2 Å². The highest BCUT2D eigenvalue weighted by Gasteiger charge is 2.25. The third-order valence-corrected chi connectivity index (χ3v) is 2.37. The number of nitro benzene ring substituents is 1. The first-order valence-electron chi connectivity index (χ1n) is 5.15. The van der Waals surface area contributed by atoms with Gasteiger partial charge in [-0.1, -0.05) is 6.07 Å². The summed E-state index contributed by atoms with van der Waals surface area (Å²) < 4.78 is 5.32. The number of nitrogens with zero attached hydrogens (tertiary/aromatic N) is 3. The van der Waals surface area contributed by atoms with Gasteiger partial charge in [-0.3, -0.25) is 10.1 Å². The molecule has 0 unspecified atom stereocenters. The molecule has 0 saturated carbocycles. The lowest BCUT2D eigenvalue weighted by molar-refractivity contribution is -0.385. The van der Waals surface area contributed by atoms with Crippen LogP contribution in [0.1, 0.15) is 12.0 Å². The van der Waals surface area contributed by atoms with Crippen LogP contribution >= 0.6 is 0 Å². The van der Waals surface area contributed by atoms with Crippen molar-refractivity contribution in [2.75, 3.05) is 6.61 Å². The van der Waals surface area contributed by atoms with Crippen LogP contribution in [-0.4, -0.2) is 23.2 Å². The molecule has 1 heterocycles. The standard InChI is InChI=1S/C10H11N5O3/c11-10(12)14-13-7-4-5-18-9-6(7)2-1-3-8(9)15(16)17/h1-3H,4-5H2,(H4,11,12,14). The van der Waals surface area contributed by atoms with Crippen LogP contribution in [0.3, 0.4) is 0 Å². The number of nitrogens with two attached hydrogens (primary N) is 2. The molecular weight excluding hydrogens is 238 g/mol. The van der Waals surface area contributed by atoms with Crippen molar-refractivity contribution in [2.24, 2.45) is 21.7 Å². The summed E-state index contributed by atoms with van der Waals surface area (Å²) in [4.78, 5) is 10.4. The molecule has 0 radical (unpaired) electrons. The summed E-state index contributed by atoms with van der Waals surface area (Å²) in [6.07, 6.45) is 0.491. The van der Waals surface area contributed by atoms with E-state index in [1.54, 1.807) is 12.1 Å². The van der Waals surface area contributed by atoms with E-state index in [0.717, 1.165) is 0 Å². The van der Waals surface area contributed by atoms with E-state index in [1.165, 1.54) is 6.07 Å². The van der Waals surface area contributed by atoms with E-state index < -0.39 is 4.92 Å². The highest BCUT2D eigenvalue weighted by Crippen LogP contribution is 2.34. The number of rotatable bonds is 2. The normalized spacial score (nSPS) is 15.7. The molecule has 0 aromatic heterocycles. The van der Waals surface area contributed by atoms with Crippen LogP contribution in [0.4, 0.5) is 5.69 Å². The van der Waals surface area contributed by atoms with E-state index in [0.29, 0.717) is 24.3 Å². The summed E-state index contributed by atoms with van der Waals surface area (Å²) in [6.45, 7) is 0.302. The van der Waals surface area contributed by atoms with Gasteiger partial charge in [-0.25, -0.2) is 0 Å². The molecule has 18 heavy (non-hydrogen) atoms. The monoisotopic (exact) mass is 249 g/mol. The van der Waals surface area contributed by atoms with Gasteiger partial charge in [-0.2, -0.15) is 5.10 Å². The number of benzene rings is 1. The van der Waals surface area contributed by atoms with Crippen molar-refractivity contribution in [1.82, 2.24) is 0 Å². The number of guanidine groups is 1. The maximum Gasteiger partial charge on any atom is 0.311 e. The Bertz CT molecular complexity index is 548. The molecule has 1 aliphatic heterocycles. The topological polar surface area (TPSA) is 129 Å². The van der Waals surface area contributed by atoms with Gasteiger partial charge in [0.2, 0.25) is 11.7 Å². The third-order valence-electron chi connectivity index (χ3n) is 2.37. The SMILES string of the molecule is NC(N)=NN=C1CCOc2c1cccc2[N+](=O)[O-]. The molecule has 94 valence electrons. The van der Waals surface area contributed by atoms with Gasteiger partial charge in [0.15, 0.2) is 0 Å². The highest BCUT2D eigenvalue weighted by atomic mass is 16.6. The lowest BCUT2D eigenvalue weighted by Gasteiger charge is -2.17. The smallest absolute Gasteiger partial charge is 0.311 e. The molecule has 0 bridgehead atoms. The zero-order valence-electron chi connectivity index (χ0n) is 9.37. The second-order valence-electron chi connectivity index (χ2n) is 3.58. The molecular formula is C10H11N5O3. The lowest BCUT2D eigenvalue weighted by atomic mass is 10.0. The first kappa shape index (κ1) is 11.8. The molecule has 0 saturated heterocycles. The summed E-state index contributed by atoms with van der Waals surface area (Å²) in [5, 5.41) is 18.3. The molecule has 0 fully saturated rings. The molecule has 0 amide bonds. The Morgan fingerprint density at radius 2 is 2.22 bits per heavy atom. The van der Waals surface area contributed by atoms with Crippen LogP contribution in [0.5, 0.6) is 5.75 Å². The number of nitro groups is 1. The molecule has 4 N–H and O–H groups in total. The summed E-state index contributed by atoms with van der Waals surface area (Å²) in [5.41, 5.74) is 11.4. The molecule has 0 spiro atoms. The fourth-order valence-corrected chi connectivity index (χ4v) is 1.65. The zero-order valence-corrected chi connectivity index (χ0v) is 9.37. The fraction of sp³-hybridized carbons (Fsp3) is 0.200. The van der Waals surface area contributed by atoms with E-state index in [1.807, 2.05) is 0 Å². The number of fused-ring (bicyclic) bond motifs is 1. The van der Waals surface area contributed by atoms with E-state index >= 15 is 0 Å². The van der Waals surface area contributed by atoms with Crippen molar-refractivity contribution in [3.63, 3.8) is 0 Å². The molecule has 0 aliphatic carbocycles. The Kier molecular flexibility index (Phi) is 3.09. The minimum Gasteiger partial charge on any atom is -0.486 e. The molecule has 8 heteroatoms. The van der Waals surface area contributed by atoms with Crippen LogP contribution in [0, 0.1) is 10.1 Å². The van der Waals surface area contributed by atoms with Gasteiger partial charge >= 0.3 is 5.69 Å². The summed E-state index contributed by atoms with van der Waals surface area (Å²) >= 11 is 0. The molecule has 2 rings (SSSR count). The minimum atomic E-state index is -0.498. The number of para-hydroxylation sites is 1. The number of ether oxygens (including phenoxy) is 1. The molecule has 8 nitrogen and oxygen atoms in total. The van der Waals surface area contributed by atoms with E-state index in [2.05, 4.69) is 10.2 Å². The first-order chi connectivity index (χ1) is 8.59. The van der Waals surface area contributed by atoms with E-state index in [-0.39, 0.29) is 17.4 Å². The van der Waals surface area contributed by atoms with Crippen molar-refractivity contribution in [1.29, 1.82) is 0 Å². The first-order valence-corrected chi connectivity index (χ1v) is 5.15. The lowest BCUT2D eigenvalue weighted by Crippen LogP contribution is -2.23. The maximum absolute atomic E-state index is 10.9. The predicted octanol–water partition coefficient (Wildman–Crippen LogP) is 0.355. The fourth-order valence-electron chi connectivity index (χ4n) is 1.65. The Labute approximate surface area is 102 Å². The van der Waals surface area contributed by atoms with Crippen molar-refractivity contribution in [2.45, 2.75) is 6.42 Å². The quantitative estimate of drug-likeness (QED) is 0.338. The van der Waals surface area contributed by atoms with Crippen LogP contribution in [0.2, 0.25) is 0 Å². The molecule has 1 aliphatic rings. The zero-order chi connectivity index (χ0) is 13.1. The molecule has 1 aromatic rings. The van der Waals surface area contributed by atoms with Crippen LogP contribution in [-0.2, 0) is 0 Å². The predicted molar refractivity (Wildman–Crippen MR) is 65.6 cm³/mol.